The molecule has 0 bridgehead atoms. The standard InChI is InChI=1S/C21H25N7O/c1-27-13-16(11-24-27)25-21(29)20-18(23)7-8-19(26-20)14-4-2-6-17(10-14)28-9-3-5-15(22)12-28/h2,4,6-8,10-11,13,15H,3,5,9,12,22-23H2,1H3,(H,25,29). The van der Waals surface area contributed by atoms with Crippen LogP contribution in [-0.2, 0) is 7.05 Å². The topological polar surface area (TPSA) is 115 Å². The number of nitrogen functional groups attached to an aromatic ring is 1. The Bertz CT molecular complexity index is 1030. The molecule has 1 aliphatic rings. The van der Waals surface area contributed by atoms with Crippen molar-refractivity contribution in [2.24, 2.45) is 12.8 Å². The molecule has 4 rings (SSSR count). The number of benzene rings is 1. The quantitative estimate of drug-likeness (QED) is 0.628. The highest BCUT2D eigenvalue weighted by molar-refractivity contribution is 6.06. The molecule has 2 aromatic heterocycles. The van der Waals surface area contributed by atoms with Gasteiger partial charge in [-0.1, -0.05) is 12.1 Å². The van der Waals surface area contributed by atoms with Crippen molar-refractivity contribution in [3.63, 3.8) is 0 Å². The molecule has 8 heteroatoms. The normalized spacial score (nSPS) is 16.6. The van der Waals surface area contributed by atoms with E-state index in [2.05, 4.69) is 32.4 Å². The number of carbonyl (C=O) groups is 1. The van der Waals surface area contributed by atoms with Gasteiger partial charge in [0, 0.05) is 43.6 Å². The van der Waals surface area contributed by atoms with Crippen molar-refractivity contribution < 1.29 is 4.79 Å². The zero-order valence-electron chi connectivity index (χ0n) is 16.4. The van der Waals surface area contributed by atoms with Gasteiger partial charge in [-0.05, 0) is 37.1 Å². The SMILES string of the molecule is Cn1cc(NC(=O)c2nc(-c3cccc(N4CCCC(N)C4)c3)ccc2N)cn1. The number of hydrogen-bond donors (Lipinski definition) is 3. The van der Waals surface area contributed by atoms with Gasteiger partial charge in [0.15, 0.2) is 5.69 Å². The lowest BCUT2D eigenvalue weighted by Crippen LogP contribution is -2.42. The van der Waals surface area contributed by atoms with Crippen molar-refractivity contribution in [3.8, 4) is 11.3 Å². The Morgan fingerprint density at radius 1 is 1.28 bits per heavy atom. The van der Waals surface area contributed by atoms with Gasteiger partial charge < -0.3 is 21.7 Å². The molecule has 150 valence electrons. The highest BCUT2D eigenvalue weighted by Crippen LogP contribution is 2.27. The Labute approximate surface area is 169 Å². The van der Waals surface area contributed by atoms with Crippen LogP contribution in [0.2, 0.25) is 0 Å². The first kappa shape index (κ1) is 18.9. The van der Waals surface area contributed by atoms with E-state index in [9.17, 15) is 4.79 Å². The fourth-order valence-electron chi connectivity index (χ4n) is 3.60. The summed E-state index contributed by atoms with van der Waals surface area (Å²) in [4.78, 5) is 19.5. The average Bonchev–Trinajstić information content (AvgIpc) is 3.13. The third-order valence-corrected chi connectivity index (χ3v) is 5.07. The van der Waals surface area contributed by atoms with Gasteiger partial charge >= 0.3 is 0 Å². The highest BCUT2D eigenvalue weighted by atomic mass is 16.1. The molecule has 0 spiro atoms. The number of amides is 1. The van der Waals surface area contributed by atoms with Crippen molar-refractivity contribution in [2.45, 2.75) is 18.9 Å². The molecule has 1 aliphatic heterocycles. The molecule has 8 nitrogen and oxygen atoms in total. The maximum Gasteiger partial charge on any atom is 0.276 e. The first-order chi connectivity index (χ1) is 14.0. The molecule has 1 unspecified atom stereocenters. The minimum atomic E-state index is -0.365. The second kappa shape index (κ2) is 7.92. The predicted molar refractivity (Wildman–Crippen MR) is 115 cm³/mol. The smallest absolute Gasteiger partial charge is 0.276 e. The third kappa shape index (κ3) is 4.22. The van der Waals surface area contributed by atoms with Gasteiger partial charge in [0.1, 0.15) is 0 Å². The molecule has 29 heavy (non-hydrogen) atoms. The van der Waals surface area contributed by atoms with E-state index in [-0.39, 0.29) is 17.6 Å². The fourth-order valence-corrected chi connectivity index (χ4v) is 3.60. The molecule has 5 N–H and O–H groups in total. The predicted octanol–water partition coefficient (Wildman–Crippen LogP) is 2.24. The Kier molecular flexibility index (Phi) is 5.18. The van der Waals surface area contributed by atoms with Crippen LogP contribution in [0.25, 0.3) is 11.3 Å². The summed E-state index contributed by atoms with van der Waals surface area (Å²) in [6.45, 7) is 1.84. The molecule has 3 aromatic rings. The zero-order chi connectivity index (χ0) is 20.4. The minimum absolute atomic E-state index is 0.191. The number of hydrogen-bond acceptors (Lipinski definition) is 6. The fraction of sp³-hybridized carbons (Fsp3) is 0.286. The van der Waals surface area contributed by atoms with Gasteiger partial charge in [0.05, 0.1) is 23.3 Å². The number of pyridine rings is 1. The van der Waals surface area contributed by atoms with Gasteiger partial charge in [-0.2, -0.15) is 5.10 Å². The molecule has 1 fully saturated rings. The number of aromatic nitrogens is 3. The van der Waals surface area contributed by atoms with Crippen LogP contribution in [0.15, 0.2) is 48.8 Å². The number of nitrogens with two attached hydrogens (primary N) is 2. The molecule has 1 amide bonds. The van der Waals surface area contributed by atoms with Crippen LogP contribution >= 0.6 is 0 Å². The van der Waals surface area contributed by atoms with Crippen molar-refractivity contribution in [3.05, 3.63) is 54.5 Å². The number of rotatable bonds is 4. The van der Waals surface area contributed by atoms with E-state index in [4.69, 9.17) is 11.5 Å². The van der Waals surface area contributed by atoms with E-state index in [1.54, 1.807) is 30.2 Å². The second-order valence-corrected chi connectivity index (χ2v) is 7.39. The summed E-state index contributed by atoms with van der Waals surface area (Å²) < 4.78 is 1.61. The molecule has 0 radical (unpaired) electrons. The van der Waals surface area contributed by atoms with Crippen molar-refractivity contribution in [1.82, 2.24) is 14.8 Å². The largest absolute Gasteiger partial charge is 0.397 e. The van der Waals surface area contributed by atoms with Crippen LogP contribution in [0.3, 0.4) is 0 Å². The van der Waals surface area contributed by atoms with Crippen LogP contribution < -0.4 is 21.7 Å². The first-order valence-electron chi connectivity index (χ1n) is 9.67. The highest BCUT2D eigenvalue weighted by Gasteiger charge is 2.18. The Hall–Kier alpha value is -3.39. The summed E-state index contributed by atoms with van der Waals surface area (Å²) in [7, 11) is 1.78. The van der Waals surface area contributed by atoms with Gasteiger partial charge in [-0.25, -0.2) is 4.98 Å². The lowest BCUT2D eigenvalue weighted by atomic mass is 10.0. The monoisotopic (exact) mass is 391 g/mol. The summed E-state index contributed by atoms with van der Waals surface area (Å²) in [5.74, 6) is -0.365. The lowest BCUT2D eigenvalue weighted by Gasteiger charge is -2.32. The summed E-state index contributed by atoms with van der Waals surface area (Å²) >= 11 is 0. The molecule has 1 aromatic carbocycles. The van der Waals surface area contributed by atoms with E-state index in [1.807, 2.05) is 18.2 Å². The van der Waals surface area contributed by atoms with Crippen LogP contribution in [0.4, 0.5) is 17.1 Å². The molecular formula is C21H25N7O. The van der Waals surface area contributed by atoms with E-state index in [0.29, 0.717) is 17.1 Å². The number of anilines is 3. The maximum absolute atomic E-state index is 12.7. The summed E-state index contributed by atoms with van der Waals surface area (Å²) in [6.07, 6.45) is 5.44. The molecule has 3 heterocycles. The number of carbonyl (C=O) groups excluding carboxylic acids is 1. The van der Waals surface area contributed by atoms with Gasteiger partial charge in [0.2, 0.25) is 0 Å². The van der Waals surface area contributed by atoms with E-state index < -0.39 is 0 Å². The van der Waals surface area contributed by atoms with Crippen molar-refractivity contribution >= 4 is 23.0 Å². The van der Waals surface area contributed by atoms with Gasteiger partial charge in [0.25, 0.3) is 5.91 Å². The van der Waals surface area contributed by atoms with Crippen LogP contribution in [0, 0.1) is 0 Å². The Balaban J connectivity index is 1.60. The first-order valence-corrected chi connectivity index (χ1v) is 9.67. The van der Waals surface area contributed by atoms with E-state index >= 15 is 0 Å². The number of piperidine rings is 1. The maximum atomic E-state index is 12.7. The van der Waals surface area contributed by atoms with E-state index in [0.717, 1.165) is 37.2 Å². The Morgan fingerprint density at radius 3 is 2.90 bits per heavy atom. The lowest BCUT2D eigenvalue weighted by molar-refractivity contribution is 0.102. The summed E-state index contributed by atoms with van der Waals surface area (Å²) in [6, 6.07) is 11.9. The molecule has 1 saturated heterocycles. The minimum Gasteiger partial charge on any atom is -0.397 e. The number of nitrogens with one attached hydrogen (secondary N) is 1. The van der Waals surface area contributed by atoms with Crippen LogP contribution in [0.1, 0.15) is 23.3 Å². The van der Waals surface area contributed by atoms with Gasteiger partial charge in [-0.15, -0.1) is 0 Å². The molecule has 0 saturated carbocycles. The summed E-state index contributed by atoms with van der Waals surface area (Å²) in [5, 5.41) is 6.83. The Morgan fingerprint density at radius 2 is 2.14 bits per heavy atom. The zero-order valence-corrected chi connectivity index (χ0v) is 16.4. The average molecular weight is 391 g/mol. The molecule has 1 atom stereocenters. The molecular weight excluding hydrogens is 366 g/mol. The second-order valence-electron chi connectivity index (χ2n) is 7.39. The summed E-state index contributed by atoms with van der Waals surface area (Å²) in [5.41, 5.74) is 16.0. The molecule has 0 aliphatic carbocycles. The van der Waals surface area contributed by atoms with Crippen LogP contribution in [0.5, 0.6) is 0 Å². The van der Waals surface area contributed by atoms with Crippen molar-refractivity contribution in [1.29, 1.82) is 0 Å². The third-order valence-electron chi connectivity index (χ3n) is 5.07. The van der Waals surface area contributed by atoms with Gasteiger partial charge in [-0.3, -0.25) is 9.48 Å². The van der Waals surface area contributed by atoms with E-state index in [1.165, 1.54) is 0 Å². The van der Waals surface area contributed by atoms with Crippen molar-refractivity contribution in [2.75, 3.05) is 29.0 Å². The number of nitrogens with zero attached hydrogens (tertiary/aromatic N) is 4. The van der Waals surface area contributed by atoms with Crippen LogP contribution in [-0.4, -0.2) is 39.8 Å². The number of aryl methyl sites for hydroxylation is 1.